The number of methoxy groups -OCH3 is 9. The third-order valence-corrected chi connectivity index (χ3v) is 22.3. The fourth-order valence-electron chi connectivity index (χ4n) is 14.8. The molecule has 7 aliphatic rings. The summed E-state index contributed by atoms with van der Waals surface area (Å²) in [4.78, 5) is 193. The van der Waals surface area contributed by atoms with E-state index in [9.17, 15) is 95.3 Å². The number of benzene rings is 1. The van der Waals surface area contributed by atoms with E-state index < -0.39 is 172 Å². The Hall–Kier alpha value is -9.66. The van der Waals surface area contributed by atoms with E-state index in [0.717, 1.165) is 16.9 Å². The Bertz CT molecular complexity index is 4150. The van der Waals surface area contributed by atoms with E-state index in [2.05, 4.69) is 69.8 Å². The average molecular weight is 2020 g/mol. The first kappa shape index (κ1) is 132. The van der Waals surface area contributed by atoms with Crippen LogP contribution in [0.4, 0.5) is 24.0 Å². The number of amides is 9. The molecule has 7 fully saturated rings. The monoisotopic (exact) mass is 2020 g/mol. The maximum absolute atomic E-state index is 13.2. The van der Waals surface area contributed by atoms with Crippen LogP contribution in [0.1, 0.15) is 168 Å². The van der Waals surface area contributed by atoms with E-state index in [-0.39, 0.29) is 178 Å². The molecule has 7 saturated heterocycles. The van der Waals surface area contributed by atoms with Gasteiger partial charge in [0.2, 0.25) is 23.6 Å². The zero-order chi connectivity index (χ0) is 104. The van der Waals surface area contributed by atoms with Crippen molar-refractivity contribution in [3.8, 4) is 0 Å². The maximum atomic E-state index is 13.2. The number of carbonyl (C=O) groups is 16. The van der Waals surface area contributed by atoms with Gasteiger partial charge in [-0.05, 0) is 109 Å². The molecule has 49 nitrogen and oxygen atoms in total. The summed E-state index contributed by atoms with van der Waals surface area (Å²) in [6.07, 6.45) is -3.25. The number of ketones is 1. The molecule has 1 aromatic rings. The fourth-order valence-corrected chi connectivity index (χ4v) is 15.3. The molecule has 1 unspecified atom stereocenters. The minimum atomic E-state index is -4.02. The summed E-state index contributed by atoms with van der Waals surface area (Å²) in [5, 5.41) is 69.0. The summed E-state index contributed by atoms with van der Waals surface area (Å²) in [5.41, 5.74) is 0.956. The van der Waals surface area contributed by atoms with Crippen molar-refractivity contribution in [2.75, 3.05) is 96.7 Å². The van der Waals surface area contributed by atoms with E-state index in [1.54, 1.807) is 95.2 Å². The number of halogens is 1. The predicted molar refractivity (Wildman–Crippen MR) is 483 cm³/mol. The number of aliphatic hydroxyl groups is 4. The largest absolute Gasteiger partial charge is 1.00 e. The van der Waals surface area contributed by atoms with Crippen LogP contribution in [0.15, 0.2) is 29.2 Å². The summed E-state index contributed by atoms with van der Waals surface area (Å²) in [5.74, 6) is -9.57. The Morgan fingerprint density at radius 3 is 1.05 bits per heavy atom. The van der Waals surface area contributed by atoms with Crippen molar-refractivity contribution in [3.63, 3.8) is 0 Å². The Balaban J connectivity index is -0.00000155. The molecule has 138 heavy (non-hydrogen) atoms. The van der Waals surface area contributed by atoms with Crippen LogP contribution in [-0.2, 0) is 124 Å². The van der Waals surface area contributed by atoms with Crippen molar-refractivity contribution in [2.24, 2.45) is 29.6 Å². The normalized spacial score (nSPS) is 24.0. The smallest absolute Gasteiger partial charge is 0.870 e. The van der Waals surface area contributed by atoms with Gasteiger partial charge < -0.3 is 149 Å². The topological polar surface area (TPSA) is 684 Å². The quantitative estimate of drug-likeness (QED) is 0.0276. The molecule has 2 spiro atoms. The molecule has 0 saturated carbocycles. The van der Waals surface area contributed by atoms with E-state index in [4.69, 9.17) is 48.7 Å². The number of aryl methyl sites for hydroxylation is 1. The van der Waals surface area contributed by atoms with Crippen molar-refractivity contribution in [1.82, 2.24) is 51.5 Å². The molecule has 0 radical (unpaired) electrons. The number of carboxylic acid groups (broad SMARTS) is 2. The second kappa shape index (κ2) is 63.2. The first-order chi connectivity index (χ1) is 62.7. The number of β-amino-alcohol motifs (C(OH)–C–C–N with tert-alkyl or cyclic N) is 2. The molecule has 18 atom stereocenters. The second-order valence-electron chi connectivity index (χ2n) is 34.6. The number of hydrogen-bond donors (Lipinski definition) is 13. The molecular weight excluding hydrogens is 1870 g/mol. The van der Waals surface area contributed by atoms with Crippen LogP contribution in [0.5, 0.6) is 0 Å². The molecule has 7 aliphatic heterocycles. The number of rotatable bonds is 23. The number of ether oxygens (including phenoxy) is 13. The molecular formula is C86H146ClLiN10O39S. The molecule has 1 aromatic carbocycles. The Morgan fingerprint density at radius 1 is 0.449 bits per heavy atom. The Labute approximate surface area is 822 Å². The minimum absolute atomic E-state index is 0. The summed E-state index contributed by atoms with van der Waals surface area (Å²) >= 11 is 0. The zero-order valence-corrected chi connectivity index (χ0v) is 85.3. The van der Waals surface area contributed by atoms with Gasteiger partial charge in [0.1, 0.15) is 60.4 Å². The van der Waals surface area contributed by atoms with Gasteiger partial charge in [-0.1, -0.05) is 86.9 Å². The molecule has 8 rings (SSSR count). The van der Waals surface area contributed by atoms with Crippen LogP contribution >= 0.6 is 12.4 Å². The number of nitrogens with zero attached hydrogens (tertiary/aromatic N) is 4. The summed E-state index contributed by atoms with van der Waals surface area (Å²) in [6.45, 7) is 30.8. The van der Waals surface area contributed by atoms with Crippen LogP contribution in [0.3, 0.4) is 0 Å². The van der Waals surface area contributed by atoms with Gasteiger partial charge in [-0.25, -0.2) is 47.9 Å². The van der Waals surface area contributed by atoms with Crippen molar-refractivity contribution in [2.45, 2.75) is 295 Å². The molecule has 0 aliphatic carbocycles. The minimum Gasteiger partial charge on any atom is -0.870 e. The van der Waals surface area contributed by atoms with Gasteiger partial charge >= 0.3 is 85.1 Å². The van der Waals surface area contributed by atoms with Crippen LogP contribution in [0.2, 0.25) is 0 Å². The number of aliphatic carboxylic acids is 2. The van der Waals surface area contributed by atoms with E-state index in [1.165, 1.54) is 90.8 Å². The zero-order valence-electron chi connectivity index (χ0n) is 83.6. The van der Waals surface area contributed by atoms with Crippen LogP contribution in [0.25, 0.3) is 0 Å². The van der Waals surface area contributed by atoms with Crippen LogP contribution in [0, 0.1) is 36.5 Å². The van der Waals surface area contributed by atoms with Gasteiger partial charge in [-0.3, -0.25) is 33.3 Å². The Kier molecular flexibility index (Phi) is 60.7. The molecule has 788 valence electrons. The number of esters is 4. The van der Waals surface area contributed by atoms with Crippen LogP contribution in [-0.4, -0.2) is 382 Å². The number of carboxylic acids is 2. The molecule has 0 aromatic heterocycles. The number of nitrogens with one attached hydrogen (secondary N) is 6. The molecule has 9 amide bonds. The Morgan fingerprint density at radius 2 is 0.761 bits per heavy atom. The van der Waals surface area contributed by atoms with Gasteiger partial charge in [0.15, 0.2) is 17.4 Å². The first-order valence-electron chi connectivity index (χ1n) is 43.6. The standard InChI is InChI=1S/C18H30N2O7.C17H28N2O7.C13H22N2O6.C13H20N2O6.C7H13NO4.C7H8O3S.C6H11NO3.C5H12O2.ClH.Li.H2O/c1-10(2)14(19-17(23)25-6)15(21)20-9-18(8-13(20)16(22)24-5)26-11(3)7-12(4)27-18;1-9(2)13(18-16(23)24-5)14(20)19-8-17(7-12(19)15(21)22)25-10(3)6-11(4)26-17;2*1-7(2)10(14-13(19)21-4)11(17)15-6-8(16)5-9(15)12(18)20-3;1-4(2)5(6(9)10)8-7(11)12-3;1-6-2-4-7(5-3-6)11(8,9)10;1-10-6(9)5-2-4(8)3-7-5;1-4(6)3-5(2)7;;;/h10-14H,7-9H2,1-6H3,(H,19,23);9-13H,6-8H2,1-5H3,(H,18,23)(H,21,22);7-10,16H,5-6H2,1-4H3,(H,14,19);7,9-10H,5-6H2,1-4H3,(H,14,19);4-5H,1-3H3,(H,8,11)(H,9,10);2-5H,1H3,(H,8,9,10);4-5,7-8H,2-3H2,1H3;4-7H,3H2,1-2H3;1H;;1H2/q;;;;;;;;;+1;/p-1/t11-,12-,13-,14-;10-,11-,12-,13-;8-,9+,10+;9-,10-;5-;;4-,5+;4-,5?;;;/m00100.10.../s1. The van der Waals surface area contributed by atoms with Crippen LogP contribution < -0.4 is 50.8 Å². The SMILES string of the molecule is CC(O)C[C@H](C)O.COC(=O)N[C@H](C(=O)N1CC(=O)C[C@H]1C(=O)OC)C(C)C.COC(=O)N[C@H](C(=O)N1CC2(C[C@H]1C(=O)O)O[C@@H](C)C[C@H](C)O2)C(C)C.COC(=O)N[C@H](C(=O)N1CC2(C[C@H]1C(=O)OC)O[C@@H](C)C[C@H](C)O2)C(C)C.COC(=O)N[C@H](C(=O)N1C[C@H](O)C[C@H]1C(=O)OC)C(C)C.COC(=O)N[C@H](C(=O)O)C(C)C.COC(=O)[C@@H]1C[C@@H](O)CN1.Cc1ccc(S(=O)(=O)O)cc1.Cl.[Li+].[OH-]. The van der Waals surface area contributed by atoms with Gasteiger partial charge in [0.05, 0.1) is 137 Å². The maximum Gasteiger partial charge on any atom is 1.00 e. The van der Waals surface area contributed by atoms with Crippen molar-refractivity contribution >= 4 is 118 Å². The van der Waals surface area contributed by atoms with E-state index in [1.807, 2.05) is 34.6 Å². The van der Waals surface area contributed by atoms with E-state index in [0.29, 0.717) is 25.8 Å². The summed E-state index contributed by atoms with van der Waals surface area (Å²) in [7, 11) is 7.03. The molecule has 7 heterocycles. The van der Waals surface area contributed by atoms with Crippen molar-refractivity contribution < 1.29 is 206 Å². The predicted octanol–water partition coefficient (Wildman–Crippen LogP) is -0.812. The molecule has 14 N–H and O–H groups in total. The number of likely N-dealkylation sites (tertiary alicyclic amines) is 4. The van der Waals surface area contributed by atoms with Gasteiger partial charge in [0.25, 0.3) is 10.1 Å². The number of carbonyl (C=O) groups excluding carboxylic acids is 14. The second-order valence-corrected chi connectivity index (χ2v) is 36.1. The van der Waals surface area contributed by atoms with Crippen molar-refractivity contribution in [3.05, 3.63) is 29.8 Å². The van der Waals surface area contributed by atoms with E-state index >= 15 is 0 Å². The number of alkyl carbamates (subject to hydrolysis) is 5. The fraction of sp³-hybridized carbons (Fsp3) is 0.744. The number of aliphatic hydroxyl groups excluding tert-OH is 4. The molecule has 0 bridgehead atoms. The average Bonchev–Trinajstić information content (AvgIpc) is 1.61. The summed E-state index contributed by atoms with van der Waals surface area (Å²) < 4.78 is 94.5. The third-order valence-electron chi connectivity index (χ3n) is 21.4. The first-order valence-corrected chi connectivity index (χ1v) is 45.1. The number of Topliss-reactive ketones (excluding diaryl/α,β-unsaturated/α-hetero) is 1. The molecule has 52 heteroatoms. The third kappa shape index (κ3) is 43.6. The van der Waals surface area contributed by atoms with Crippen molar-refractivity contribution in [1.29, 1.82) is 0 Å². The number of hydrogen-bond acceptors (Lipinski definition) is 37. The van der Waals surface area contributed by atoms with Gasteiger partial charge in [-0.2, -0.15) is 8.42 Å². The summed E-state index contributed by atoms with van der Waals surface area (Å²) in [6, 6.07) is -2.38. The van der Waals surface area contributed by atoms with Gasteiger partial charge in [0, 0.05) is 45.2 Å². The van der Waals surface area contributed by atoms with Gasteiger partial charge in [-0.15, -0.1) is 12.4 Å².